The normalized spacial score (nSPS) is 10.4. The van der Waals surface area contributed by atoms with Gasteiger partial charge in [0.25, 0.3) is 5.91 Å². The molecule has 1 heterocycles. The van der Waals surface area contributed by atoms with Gasteiger partial charge >= 0.3 is 0 Å². The van der Waals surface area contributed by atoms with Gasteiger partial charge in [0.2, 0.25) is 5.95 Å². The number of rotatable bonds is 7. The summed E-state index contributed by atoms with van der Waals surface area (Å²) in [5.41, 5.74) is 0.931. The Hall–Kier alpha value is -1.85. The smallest absolute Gasteiger partial charge is 0.270 e. The van der Waals surface area contributed by atoms with E-state index >= 15 is 0 Å². The van der Waals surface area contributed by atoms with E-state index in [1.54, 1.807) is 24.3 Å². The van der Waals surface area contributed by atoms with E-state index in [-0.39, 0.29) is 5.91 Å². The summed E-state index contributed by atoms with van der Waals surface area (Å²) in [6, 6.07) is 6.63. The molecule has 0 bridgehead atoms. The van der Waals surface area contributed by atoms with Crippen molar-refractivity contribution < 1.29 is 4.79 Å². The van der Waals surface area contributed by atoms with Crippen molar-refractivity contribution in [2.45, 2.75) is 26.2 Å². The summed E-state index contributed by atoms with van der Waals surface area (Å²) >= 11 is 12.0. The molecule has 0 atom stereocenters. The van der Waals surface area contributed by atoms with Gasteiger partial charge in [-0.3, -0.25) is 4.79 Å². The molecule has 23 heavy (non-hydrogen) atoms. The second kappa shape index (κ2) is 8.70. The standard InChI is InChI=1S/C16H18Cl2N4O/c1-2-3-4-8-19-15(23)14-7-9-20-16(22-14)21-13-6-5-11(17)10-12(13)18/h5-7,9-10H,2-4,8H2,1H3,(H,19,23)(H,20,21,22). The third-order valence-corrected chi connectivity index (χ3v) is 3.68. The van der Waals surface area contributed by atoms with Crippen LogP contribution < -0.4 is 10.6 Å². The molecule has 0 radical (unpaired) electrons. The van der Waals surface area contributed by atoms with E-state index in [4.69, 9.17) is 23.2 Å². The van der Waals surface area contributed by atoms with Crippen LogP contribution in [-0.4, -0.2) is 22.4 Å². The van der Waals surface area contributed by atoms with Gasteiger partial charge in [-0.05, 0) is 30.7 Å². The van der Waals surface area contributed by atoms with Gasteiger partial charge in [-0.2, -0.15) is 0 Å². The predicted octanol–water partition coefficient (Wildman–Crippen LogP) is 4.45. The third-order valence-electron chi connectivity index (χ3n) is 3.13. The fourth-order valence-corrected chi connectivity index (χ4v) is 2.38. The van der Waals surface area contributed by atoms with E-state index in [0.29, 0.717) is 33.9 Å². The first-order valence-electron chi connectivity index (χ1n) is 7.43. The van der Waals surface area contributed by atoms with Crippen LogP contribution in [0.15, 0.2) is 30.5 Å². The summed E-state index contributed by atoms with van der Waals surface area (Å²) in [5.74, 6) is 0.0872. The molecule has 2 rings (SSSR count). The Labute approximate surface area is 145 Å². The fraction of sp³-hybridized carbons (Fsp3) is 0.312. The number of carbonyl (C=O) groups is 1. The minimum atomic E-state index is -0.214. The number of unbranched alkanes of at least 4 members (excludes halogenated alkanes) is 2. The van der Waals surface area contributed by atoms with Crippen LogP contribution in [0.3, 0.4) is 0 Å². The number of nitrogens with one attached hydrogen (secondary N) is 2. The van der Waals surface area contributed by atoms with Crippen LogP contribution in [0, 0.1) is 0 Å². The van der Waals surface area contributed by atoms with Crippen molar-refractivity contribution in [1.82, 2.24) is 15.3 Å². The quantitative estimate of drug-likeness (QED) is 0.722. The van der Waals surface area contributed by atoms with Gasteiger partial charge in [0.05, 0.1) is 10.7 Å². The second-order valence-corrected chi connectivity index (χ2v) is 5.82. The first-order valence-corrected chi connectivity index (χ1v) is 8.19. The van der Waals surface area contributed by atoms with Crippen molar-refractivity contribution >= 4 is 40.7 Å². The fourth-order valence-electron chi connectivity index (χ4n) is 1.92. The van der Waals surface area contributed by atoms with Crippen LogP contribution in [-0.2, 0) is 0 Å². The van der Waals surface area contributed by atoms with E-state index < -0.39 is 0 Å². The molecule has 0 fully saturated rings. The molecular formula is C16H18Cl2N4O. The Kier molecular flexibility index (Phi) is 6.62. The lowest BCUT2D eigenvalue weighted by atomic mass is 10.2. The molecule has 0 saturated carbocycles. The van der Waals surface area contributed by atoms with Gasteiger partial charge in [-0.1, -0.05) is 43.0 Å². The summed E-state index contributed by atoms with van der Waals surface area (Å²) in [5, 5.41) is 6.82. The molecule has 7 heteroatoms. The van der Waals surface area contributed by atoms with Gasteiger partial charge in [-0.25, -0.2) is 9.97 Å². The van der Waals surface area contributed by atoms with Gasteiger partial charge in [0.1, 0.15) is 5.69 Å². The Morgan fingerprint density at radius 3 is 2.78 bits per heavy atom. The number of anilines is 2. The van der Waals surface area contributed by atoms with Crippen molar-refractivity contribution in [3.05, 3.63) is 46.2 Å². The Bertz CT molecular complexity index is 679. The molecule has 0 spiro atoms. The van der Waals surface area contributed by atoms with Crippen LogP contribution >= 0.6 is 23.2 Å². The highest BCUT2D eigenvalue weighted by Crippen LogP contribution is 2.27. The average Bonchev–Trinajstić information content (AvgIpc) is 2.54. The molecule has 0 aliphatic heterocycles. The molecule has 0 aliphatic rings. The lowest BCUT2D eigenvalue weighted by molar-refractivity contribution is 0.0948. The molecule has 1 aromatic heterocycles. The number of hydrogen-bond donors (Lipinski definition) is 2. The molecule has 122 valence electrons. The van der Waals surface area contributed by atoms with Gasteiger partial charge < -0.3 is 10.6 Å². The molecule has 1 aromatic carbocycles. The maximum Gasteiger partial charge on any atom is 0.270 e. The maximum absolute atomic E-state index is 12.1. The monoisotopic (exact) mass is 352 g/mol. The van der Waals surface area contributed by atoms with Gasteiger partial charge in [0, 0.05) is 17.8 Å². The molecular weight excluding hydrogens is 335 g/mol. The number of nitrogens with zero attached hydrogens (tertiary/aromatic N) is 2. The Balaban J connectivity index is 2.03. The summed E-state index contributed by atoms with van der Waals surface area (Å²) in [7, 11) is 0. The molecule has 5 nitrogen and oxygen atoms in total. The van der Waals surface area contributed by atoms with Crippen LogP contribution in [0.4, 0.5) is 11.6 Å². The highest BCUT2D eigenvalue weighted by molar-refractivity contribution is 6.36. The van der Waals surface area contributed by atoms with E-state index in [1.165, 1.54) is 6.20 Å². The molecule has 0 saturated heterocycles. The number of aromatic nitrogens is 2. The van der Waals surface area contributed by atoms with E-state index in [9.17, 15) is 4.79 Å². The zero-order valence-electron chi connectivity index (χ0n) is 12.8. The van der Waals surface area contributed by atoms with E-state index in [1.807, 2.05) is 0 Å². The van der Waals surface area contributed by atoms with Crippen LogP contribution in [0.2, 0.25) is 10.0 Å². The second-order valence-electron chi connectivity index (χ2n) is 4.98. The highest BCUT2D eigenvalue weighted by Gasteiger charge is 2.09. The van der Waals surface area contributed by atoms with Crippen molar-refractivity contribution in [2.75, 3.05) is 11.9 Å². The minimum absolute atomic E-state index is 0.214. The zero-order chi connectivity index (χ0) is 16.7. The van der Waals surface area contributed by atoms with E-state index in [0.717, 1.165) is 19.3 Å². The largest absolute Gasteiger partial charge is 0.351 e. The summed E-state index contributed by atoms with van der Waals surface area (Å²) in [6.45, 7) is 2.76. The number of amides is 1. The average molecular weight is 353 g/mol. The molecule has 1 amide bonds. The van der Waals surface area contributed by atoms with E-state index in [2.05, 4.69) is 27.5 Å². The SMILES string of the molecule is CCCCCNC(=O)c1ccnc(Nc2ccc(Cl)cc2Cl)n1. The topological polar surface area (TPSA) is 66.9 Å². The first kappa shape index (κ1) is 17.5. The van der Waals surface area contributed by atoms with Crippen LogP contribution in [0.1, 0.15) is 36.7 Å². The summed E-state index contributed by atoms with van der Waals surface area (Å²) < 4.78 is 0. The Morgan fingerprint density at radius 2 is 2.04 bits per heavy atom. The molecule has 0 unspecified atom stereocenters. The van der Waals surface area contributed by atoms with Gasteiger partial charge in [0.15, 0.2) is 0 Å². The number of hydrogen-bond acceptors (Lipinski definition) is 4. The van der Waals surface area contributed by atoms with Gasteiger partial charge in [-0.15, -0.1) is 0 Å². The lowest BCUT2D eigenvalue weighted by Crippen LogP contribution is -2.25. The Morgan fingerprint density at radius 1 is 1.22 bits per heavy atom. The third kappa shape index (κ3) is 5.37. The van der Waals surface area contributed by atoms with Crippen molar-refractivity contribution in [3.8, 4) is 0 Å². The molecule has 2 aromatic rings. The summed E-state index contributed by atoms with van der Waals surface area (Å²) in [4.78, 5) is 20.4. The minimum Gasteiger partial charge on any atom is -0.351 e. The lowest BCUT2D eigenvalue weighted by Gasteiger charge is -2.08. The zero-order valence-corrected chi connectivity index (χ0v) is 14.3. The van der Waals surface area contributed by atoms with Crippen molar-refractivity contribution in [3.63, 3.8) is 0 Å². The van der Waals surface area contributed by atoms with Crippen molar-refractivity contribution in [1.29, 1.82) is 0 Å². The van der Waals surface area contributed by atoms with Crippen LogP contribution in [0.5, 0.6) is 0 Å². The number of benzene rings is 1. The van der Waals surface area contributed by atoms with Crippen LogP contribution in [0.25, 0.3) is 0 Å². The predicted molar refractivity (Wildman–Crippen MR) is 93.6 cm³/mol. The highest BCUT2D eigenvalue weighted by atomic mass is 35.5. The molecule has 2 N–H and O–H groups in total. The van der Waals surface area contributed by atoms with Crippen molar-refractivity contribution in [2.24, 2.45) is 0 Å². The first-order chi connectivity index (χ1) is 11.1. The summed E-state index contributed by atoms with van der Waals surface area (Å²) in [6.07, 6.45) is 4.68. The number of carbonyl (C=O) groups excluding carboxylic acids is 1. The maximum atomic E-state index is 12.1. The number of halogens is 2. The molecule has 0 aliphatic carbocycles.